The molecule has 1 atom stereocenters. The van der Waals surface area contributed by atoms with Crippen molar-refractivity contribution < 1.29 is 0 Å². The first-order valence-corrected chi connectivity index (χ1v) is 6.78. The van der Waals surface area contributed by atoms with Gasteiger partial charge in [0.1, 0.15) is 0 Å². The molecular formula is C10H14BrN3S. The topological polar surface area (TPSA) is 42.1 Å². The van der Waals surface area contributed by atoms with Crippen molar-refractivity contribution in [3.8, 4) is 0 Å². The zero-order valence-electron chi connectivity index (χ0n) is 8.61. The van der Waals surface area contributed by atoms with Crippen LogP contribution in [0.25, 0.3) is 0 Å². The third-order valence-electron chi connectivity index (χ3n) is 2.46. The van der Waals surface area contributed by atoms with Crippen LogP contribution in [0.2, 0.25) is 0 Å². The van der Waals surface area contributed by atoms with E-state index in [4.69, 9.17) is 5.73 Å². The third kappa shape index (κ3) is 2.39. The Morgan fingerprint density at radius 3 is 3.07 bits per heavy atom. The van der Waals surface area contributed by atoms with Crippen molar-refractivity contribution in [3.05, 3.63) is 16.9 Å². The highest BCUT2D eigenvalue weighted by Crippen LogP contribution is 2.33. The second-order valence-electron chi connectivity index (χ2n) is 3.69. The van der Waals surface area contributed by atoms with Gasteiger partial charge in [0.05, 0.1) is 22.0 Å². The van der Waals surface area contributed by atoms with E-state index in [0.717, 1.165) is 34.7 Å². The van der Waals surface area contributed by atoms with Crippen LogP contribution in [0.4, 0.5) is 11.4 Å². The maximum absolute atomic E-state index is 5.96. The van der Waals surface area contributed by atoms with E-state index >= 15 is 0 Å². The van der Waals surface area contributed by atoms with Crippen LogP contribution in [0.5, 0.6) is 0 Å². The Bertz CT molecular complexity index is 338. The van der Waals surface area contributed by atoms with Gasteiger partial charge in [-0.3, -0.25) is 4.98 Å². The molecule has 1 fully saturated rings. The molecule has 5 heteroatoms. The molecule has 1 saturated heterocycles. The number of nitrogen functional groups attached to an aromatic ring is 1. The van der Waals surface area contributed by atoms with Gasteiger partial charge in [-0.05, 0) is 15.9 Å². The van der Waals surface area contributed by atoms with Gasteiger partial charge >= 0.3 is 0 Å². The molecule has 82 valence electrons. The Balaban J connectivity index is 2.28. The number of hydrogen-bond acceptors (Lipinski definition) is 4. The van der Waals surface area contributed by atoms with Gasteiger partial charge < -0.3 is 10.6 Å². The van der Waals surface area contributed by atoms with Crippen LogP contribution in [-0.4, -0.2) is 29.1 Å². The smallest absolute Gasteiger partial charge is 0.0776 e. The molecule has 2 heterocycles. The molecule has 3 nitrogen and oxygen atoms in total. The summed E-state index contributed by atoms with van der Waals surface area (Å²) in [5.41, 5.74) is 7.80. The molecule has 15 heavy (non-hydrogen) atoms. The van der Waals surface area contributed by atoms with Gasteiger partial charge in [-0.15, -0.1) is 0 Å². The molecule has 0 radical (unpaired) electrons. The summed E-state index contributed by atoms with van der Waals surface area (Å²) in [6.45, 7) is 4.36. The van der Waals surface area contributed by atoms with E-state index in [1.54, 1.807) is 12.4 Å². The molecule has 0 bridgehead atoms. The number of hydrogen-bond donors (Lipinski definition) is 1. The lowest BCUT2D eigenvalue weighted by Crippen LogP contribution is -2.37. The van der Waals surface area contributed by atoms with Gasteiger partial charge in [0.15, 0.2) is 0 Å². The molecule has 2 N–H and O–H groups in total. The number of nitrogens with zero attached hydrogens (tertiary/aromatic N) is 2. The Morgan fingerprint density at radius 2 is 2.40 bits per heavy atom. The maximum atomic E-state index is 5.96. The summed E-state index contributed by atoms with van der Waals surface area (Å²) in [5.74, 6) is 1.16. The molecule has 0 aromatic carbocycles. The summed E-state index contributed by atoms with van der Waals surface area (Å²) in [4.78, 5) is 6.39. The molecule has 2 rings (SSSR count). The molecule has 1 aliphatic rings. The fourth-order valence-corrected chi connectivity index (χ4v) is 3.41. The van der Waals surface area contributed by atoms with E-state index in [2.05, 4.69) is 32.7 Å². The van der Waals surface area contributed by atoms with Crippen molar-refractivity contribution in [2.24, 2.45) is 0 Å². The molecule has 1 unspecified atom stereocenters. The second-order valence-corrected chi connectivity index (χ2v) is 6.09. The van der Waals surface area contributed by atoms with Crippen LogP contribution in [-0.2, 0) is 0 Å². The molecule has 1 aromatic rings. The van der Waals surface area contributed by atoms with Gasteiger partial charge in [-0.2, -0.15) is 11.8 Å². The summed E-state index contributed by atoms with van der Waals surface area (Å²) in [6.07, 6.45) is 3.52. The molecule has 0 saturated carbocycles. The van der Waals surface area contributed by atoms with E-state index in [9.17, 15) is 0 Å². The van der Waals surface area contributed by atoms with E-state index in [0.29, 0.717) is 5.25 Å². The van der Waals surface area contributed by atoms with Crippen molar-refractivity contribution in [2.45, 2.75) is 12.2 Å². The van der Waals surface area contributed by atoms with Crippen LogP contribution < -0.4 is 10.6 Å². The fourth-order valence-electron chi connectivity index (χ4n) is 1.80. The summed E-state index contributed by atoms with van der Waals surface area (Å²) >= 11 is 5.53. The van der Waals surface area contributed by atoms with Gasteiger partial charge in [0.2, 0.25) is 0 Å². The summed E-state index contributed by atoms with van der Waals surface area (Å²) in [7, 11) is 0. The molecule has 1 aliphatic heterocycles. The zero-order chi connectivity index (χ0) is 10.8. The predicted molar refractivity (Wildman–Crippen MR) is 70.5 cm³/mol. The number of thioether (sulfide) groups is 1. The minimum atomic E-state index is 0.665. The molecule has 1 aromatic heterocycles. The first-order valence-electron chi connectivity index (χ1n) is 4.94. The van der Waals surface area contributed by atoms with Gasteiger partial charge in [0, 0.05) is 30.3 Å². The lowest BCUT2D eigenvalue weighted by molar-refractivity contribution is 0.781. The average Bonchev–Trinajstić information content (AvgIpc) is 2.17. The standard InChI is InChI=1S/C10H14BrN3S/c1-7-6-14(2-3-15-7)10-8(11)4-13-5-9(10)12/h4-5,7H,2-3,6,12H2,1H3. The van der Waals surface area contributed by atoms with E-state index < -0.39 is 0 Å². The van der Waals surface area contributed by atoms with Crippen molar-refractivity contribution in [1.82, 2.24) is 4.98 Å². The monoisotopic (exact) mass is 287 g/mol. The summed E-state index contributed by atoms with van der Waals surface area (Å²) in [5, 5.41) is 0.665. The van der Waals surface area contributed by atoms with Crippen LogP contribution in [0.3, 0.4) is 0 Å². The molecular weight excluding hydrogens is 274 g/mol. The van der Waals surface area contributed by atoms with Crippen LogP contribution in [0, 0.1) is 0 Å². The average molecular weight is 288 g/mol. The van der Waals surface area contributed by atoms with Crippen molar-refractivity contribution in [3.63, 3.8) is 0 Å². The van der Waals surface area contributed by atoms with Crippen LogP contribution in [0.15, 0.2) is 16.9 Å². The van der Waals surface area contributed by atoms with E-state index in [1.807, 2.05) is 11.8 Å². The number of pyridine rings is 1. The number of rotatable bonds is 1. The highest BCUT2D eigenvalue weighted by Gasteiger charge is 2.20. The maximum Gasteiger partial charge on any atom is 0.0776 e. The summed E-state index contributed by atoms with van der Waals surface area (Å²) < 4.78 is 0.988. The van der Waals surface area contributed by atoms with E-state index in [1.165, 1.54) is 0 Å². The van der Waals surface area contributed by atoms with Crippen molar-refractivity contribution in [1.29, 1.82) is 0 Å². The highest BCUT2D eigenvalue weighted by molar-refractivity contribution is 9.10. The Morgan fingerprint density at radius 1 is 1.60 bits per heavy atom. The second kappa shape index (κ2) is 4.61. The normalized spacial score (nSPS) is 21.7. The third-order valence-corrected chi connectivity index (χ3v) is 4.18. The number of aromatic nitrogens is 1. The first-order chi connectivity index (χ1) is 7.18. The Hall–Kier alpha value is -0.420. The SMILES string of the molecule is CC1CN(c2c(N)cncc2Br)CCS1. The lowest BCUT2D eigenvalue weighted by atomic mass is 10.3. The number of halogens is 1. The van der Waals surface area contributed by atoms with E-state index in [-0.39, 0.29) is 0 Å². The van der Waals surface area contributed by atoms with Gasteiger partial charge in [0.25, 0.3) is 0 Å². The minimum absolute atomic E-state index is 0.665. The quantitative estimate of drug-likeness (QED) is 0.861. The highest BCUT2D eigenvalue weighted by atomic mass is 79.9. The lowest BCUT2D eigenvalue weighted by Gasteiger charge is -2.33. The molecule has 0 aliphatic carbocycles. The predicted octanol–water partition coefficient (Wildman–Crippen LogP) is 2.37. The largest absolute Gasteiger partial charge is 0.396 e. The summed E-state index contributed by atoms with van der Waals surface area (Å²) in [6, 6.07) is 0. The van der Waals surface area contributed by atoms with Gasteiger partial charge in [-0.1, -0.05) is 6.92 Å². The van der Waals surface area contributed by atoms with Crippen molar-refractivity contribution >= 4 is 39.1 Å². The fraction of sp³-hybridized carbons (Fsp3) is 0.500. The minimum Gasteiger partial charge on any atom is -0.396 e. The molecule has 0 spiro atoms. The number of nitrogens with two attached hydrogens (primary N) is 1. The van der Waals surface area contributed by atoms with Crippen LogP contribution in [0.1, 0.15) is 6.92 Å². The zero-order valence-corrected chi connectivity index (χ0v) is 11.0. The van der Waals surface area contributed by atoms with Crippen molar-refractivity contribution in [2.75, 3.05) is 29.5 Å². The number of anilines is 2. The Kier molecular flexibility index (Phi) is 3.41. The van der Waals surface area contributed by atoms with Crippen LogP contribution >= 0.6 is 27.7 Å². The first kappa shape index (κ1) is 11.1. The Labute approximate surface area is 103 Å². The molecule has 0 amide bonds. The van der Waals surface area contributed by atoms with Gasteiger partial charge in [-0.25, -0.2) is 0 Å².